The summed E-state index contributed by atoms with van der Waals surface area (Å²) in [4.78, 5) is 66.9. The Morgan fingerprint density at radius 2 is 1.45 bits per heavy atom. The Bertz CT molecular complexity index is 1350. The zero-order valence-corrected chi connectivity index (χ0v) is 26.4. The first kappa shape index (κ1) is 35.6. The molecule has 2 aromatic carbocycles. The number of hydrogen-bond acceptors (Lipinski definition) is 7. The minimum atomic E-state index is -3.03. The second-order valence-corrected chi connectivity index (χ2v) is 12.1. The van der Waals surface area contributed by atoms with E-state index in [1.807, 2.05) is 35.2 Å². The molecule has 47 heavy (non-hydrogen) atoms. The summed E-state index contributed by atoms with van der Waals surface area (Å²) in [7, 11) is 0. The lowest BCUT2D eigenvalue weighted by Crippen LogP contribution is -2.66. The molecule has 1 saturated heterocycles. The van der Waals surface area contributed by atoms with Gasteiger partial charge < -0.3 is 30.8 Å². The normalized spacial score (nSPS) is 18.6. The highest BCUT2D eigenvalue weighted by atomic mass is 19.3. The molecule has 0 bridgehead atoms. The van der Waals surface area contributed by atoms with Crippen molar-refractivity contribution in [2.75, 3.05) is 39.4 Å². The van der Waals surface area contributed by atoms with Gasteiger partial charge in [0.25, 0.3) is 0 Å². The number of benzene rings is 2. The molecule has 1 aliphatic heterocycles. The van der Waals surface area contributed by atoms with Crippen molar-refractivity contribution in [3.05, 3.63) is 71.8 Å². The quantitative estimate of drug-likeness (QED) is 0.213. The van der Waals surface area contributed by atoms with Crippen LogP contribution in [0.25, 0.3) is 0 Å². The van der Waals surface area contributed by atoms with Crippen molar-refractivity contribution in [1.82, 2.24) is 26.2 Å². The van der Waals surface area contributed by atoms with E-state index < -0.39 is 54.1 Å². The van der Waals surface area contributed by atoms with Gasteiger partial charge in [0.15, 0.2) is 0 Å². The molecule has 4 N–H and O–H groups in total. The highest BCUT2D eigenvalue weighted by molar-refractivity contribution is 5.97. The second kappa shape index (κ2) is 17.1. The number of hydrogen-bond donors (Lipinski definition) is 4. The van der Waals surface area contributed by atoms with Gasteiger partial charge in [0.05, 0.1) is 26.3 Å². The van der Waals surface area contributed by atoms with Crippen molar-refractivity contribution < 1.29 is 37.5 Å². The van der Waals surface area contributed by atoms with E-state index in [1.54, 1.807) is 30.3 Å². The van der Waals surface area contributed by atoms with Crippen LogP contribution in [0.4, 0.5) is 8.78 Å². The molecule has 1 saturated carbocycles. The van der Waals surface area contributed by atoms with Gasteiger partial charge in [0.1, 0.15) is 23.9 Å². The standard InChI is InChI=1S/C34H43F2N5O6/c35-34(36)15-13-33(14-16-34,32(46)39-28(30(44)37-17-20-42)23-26-9-5-2-6-10-26)40-31(45)27(12-11-25-7-3-1-4-8-25)38-29(43)24-41-18-21-47-22-19-41/h1-10,20,27-28H,11-19,21-24H2,(H,37,44)(H,38,43)(H,39,46)(H,40,45)/t27-,28?/m0/s1. The maximum atomic E-state index is 14.4. The predicted molar refractivity (Wildman–Crippen MR) is 169 cm³/mol. The molecule has 0 radical (unpaired) electrons. The Morgan fingerprint density at radius 3 is 2.06 bits per heavy atom. The summed E-state index contributed by atoms with van der Waals surface area (Å²) in [6.07, 6.45) is -0.856. The molecule has 0 aromatic heterocycles. The van der Waals surface area contributed by atoms with Gasteiger partial charge in [-0.1, -0.05) is 60.7 Å². The van der Waals surface area contributed by atoms with Gasteiger partial charge in [0.2, 0.25) is 29.6 Å². The molecule has 1 unspecified atom stereocenters. The van der Waals surface area contributed by atoms with Crippen LogP contribution < -0.4 is 21.3 Å². The Hall–Kier alpha value is -4.23. The van der Waals surface area contributed by atoms with Crippen molar-refractivity contribution in [3.8, 4) is 0 Å². The number of aldehydes is 1. The van der Waals surface area contributed by atoms with E-state index in [9.17, 15) is 32.8 Å². The van der Waals surface area contributed by atoms with E-state index in [0.717, 1.165) is 11.1 Å². The number of halogens is 2. The number of rotatable bonds is 15. The van der Waals surface area contributed by atoms with E-state index >= 15 is 0 Å². The number of carbonyl (C=O) groups is 5. The van der Waals surface area contributed by atoms with E-state index in [4.69, 9.17) is 4.74 Å². The summed E-state index contributed by atoms with van der Waals surface area (Å²) in [6, 6.07) is 16.0. The number of morpholine rings is 1. The first-order valence-electron chi connectivity index (χ1n) is 16.0. The molecule has 1 aliphatic carbocycles. The SMILES string of the molecule is O=CCNC(=O)C(Cc1ccccc1)NC(=O)C1(NC(=O)[C@H](CCc2ccccc2)NC(=O)CN2CCOCC2)CCC(F)(F)CC1. The first-order chi connectivity index (χ1) is 22.6. The fourth-order valence-electron chi connectivity index (χ4n) is 5.82. The van der Waals surface area contributed by atoms with Crippen molar-refractivity contribution in [2.24, 2.45) is 0 Å². The number of alkyl halides is 2. The lowest BCUT2D eigenvalue weighted by atomic mass is 9.78. The topological polar surface area (TPSA) is 146 Å². The van der Waals surface area contributed by atoms with Gasteiger partial charge in [0, 0.05) is 32.4 Å². The molecular weight excluding hydrogens is 612 g/mol. The van der Waals surface area contributed by atoms with Gasteiger partial charge in [-0.25, -0.2) is 8.78 Å². The summed E-state index contributed by atoms with van der Waals surface area (Å²) in [5.74, 6) is -5.51. The van der Waals surface area contributed by atoms with Crippen molar-refractivity contribution in [1.29, 1.82) is 0 Å². The molecule has 254 valence electrons. The van der Waals surface area contributed by atoms with Crippen LogP contribution in [0.1, 0.15) is 43.2 Å². The third-order valence-electron chi connectivity index (χ3n) is 8.58. The molecule has 0 spiro atoms. The Balaban J connectivity index is 1.55. The largest absolute Gasteiger partial charge is 0.379 e. The number of nitrogens with one attached hydrogen (secondary N) is 4. The van der Waals surface area contributed by atoms with Gasteiger partial charge in [-0.2, -0.15) is 0 Å². The van der Waals surface area contributed by atoms with Crippen molar-refractivity contribution >= 4 is 29.9 Å². The maximum absolute atomic E-state index is 14.4. The third-order valence-corrected chi connectivity index (χ3v) is 8.58. The van der Waals surface area contributed by atoms with Crippen LogP contribution in [-0.2, 0) is 41.6 Å². The molecule has 13 heteroatoms. The fraction of sp³-hybridized carbons (Fsp3) is 0.500. The molecule has 1 heterocycles. The molecule has 4 amide bonds. The highest BCUT2D eigenvalue weighted by Crippen LogP contribution is 2.39. The van der Waals surface area contributed by atoms with E-state index in [-0.39, 0.29) is 44.7 Å². The molecule has 2 aromatic rings. The monoisotopic (exact) mass is 655 g/mol. The summed E-state index contributed by atoms with van der Waals surface area (Å²) < 4.78 is 34.2. The third kappa shape index (κ3) is 10.9. The molecule has 2 fully saturated rings. The Morgan fingerprint density at radius 1 is 0.830 bits per heavy atom. The first-order valence-corrected chi connectivity index (χ1v) is 16.0. The van der Waals surface area contributed by atoms with Crippen LogP contribution in [0.5, 0.6) is 0 Å². The minimum Gasteiger partial charge on any atom is -0.379 e. The van der Waals surface area contributed by atoms with Crippen molar-refractivity contribution in [2.45, 2.75) is 68.5 Å². The van der Waals surface area contributed by atoms with E-state index in [1.165, 1.54) is 0 Å². The summed E-state index contributed by atoms with van der Waals surface area (Å²) in [5.41, 5.74) is -0.114. The zero-order chi connectivity index (χ0) is 33.7. The van der Waals surface area contributed by atoms with Crippen LogP contribution >= 0.6 is 0 Å². The molecule has 2 atom stereocenters. The molecule has 4 rings (SSSR count). The Kier molecular flexibility index (Phi) is 12.9. The van der Waals surface area contributed by atoms with Gasteiger partial charge in [-0.15, -0.1) is 0 Å². The summed E-state index contributed by atoms with van der Waals surface area (Å²) in [6.45, 7) is 1.89. The average Bonchev–Trinajstić information content (AvgIpc) is 3.07. The van der Waals surface area contributed by atoms with Gasteiger partial charge in [-0.05, 0) is 36.8 Å². The molecule has 11 nitrogen and oxygen atoms in total. The van der Waals surface area contributed by atoms with Crippen molar-refractivity contribution in [3.63, 3.8) is 0 Å². The van der Waals surface area contributed by atoms with Crippen LogP contribution in [-0.4, -0.2) is 97.8 Å². The lowest BCUT2D eigenvalue weighted by molar-refractivity contribution is -0.142. The predicted octanol–water partition coefficient (Wildman–Crippen LogP) is 1.54. The summed E-state index contributed by atoms with van der Waals surface area (Å²) >= 11 is 0. The smallest absolute Gasteiger partial charge is 0.248 e. The number of carbonyl (C=O) groups excluding carboxylic acids is 5. The van der Waals surface area contributed by atoms with E-state index in [2.05, 4.69) is 21.3 Å². The van der Waals surface area contributed by atoms with Gasteiger partial charge in [-0.3, -0.25) is 24.1 Å². The fourth-order valence-corrected chi connectivity index (χ4v) is 5.82. The van der Waals surface area contributed by atoms with E-state index in [0.29, 0.717) is 39.0 Å². The zero-order valence-electron chi connectivity index (χ0n) is 26.4. The minimum absolute atomic E-state index is 0.0490. The molecular formula is C34H43F2N5O6. The maximum Gasteiger partial charge on any atom is 0.248 e. The van der Waals surface area contributed by atoms with Crippen LogP contribution in [0.3, 0.4) is 0 Å². The number of aryl methyl sites for hydroxylation is 1. The average molecular weight is 656 g/mol. The van der Waals surface area contributed by atoms with Crippen LogP contribution in [0.2, 0.25) is 0 Å². The van der Waals surface area contributed by atoms with Crippen LogP contribution in [0, 0.1) is 0 Å². The number of amides is 4. The highest BCUT2D eigenvalue weighted by Gasteiger charge is 2.50. The molecule has 2 aliphatic rings. The van der Waals surface area contributed by atoms with Crippen LogP contribution in [0.15, 0.2) is 60.7 Å². The van der Waals surface area contributed by atoms with Gasteiger partial charge >= 0.3 is 0 Å². The lowest BCUT2D eigenvalue weighted by Gasteiger charge is -2.41. The Labute approximate surface area is 273 Å². The summed E-state index contributed by atoms with van der Waals surface area (Å²) in [5, 5.41) is 10.7. The number of ether oxygens (including phenoxy) is 1. The number of nitrogens with zero attached hydrogens (tertiary/aromatic N) is 1. The second-order valence-electron chi connectivity index (χ2n) is 12.1.